The molecular formula is C15H23NO. The van der Waals surface area contributed by atoms with E-state index in [1.54, 1.807) is 0 Å². The summed E-state index contributed by atoms with van der Waals surface area (Å²) in [6.45, 7) is 4.21. The number of rotatable bonds is 6. The summed E-state index contributed by atoms with van der Waals surface area (Å²) in [5.74, 6) is 1.00. The van der Waals surface area contributed by atoms with Crippen LogP contribution in [0.4, 0.5) is 0 Å². The van der Waals surface area contributed by atoms with Gasteiger partial charge in [-0.05, 0) is 49.9 Å². The molecule has 0 bridgehead atoms. The van der Waals surface area contributed by atoms with Crippen LogP contribution in [-0.4, -0.2) is 19.2 Å². The molecule has 0 aromatic heterocycles. The van der Waals surface area contributed by atoms with E-state index >= 15 is 0 Å². The number of ether oxygens (including phenoxy) is 1. The molecule has 1 atom stereocenters. The van der Waals surface area contributed by atoms with Crippen LogP contribution in [0.25, 0.3) is 0 Å². The second-order valence-corrected chi connectivity index (χ2v) is 4.82. The molecule has 0 saturated carbocycles. The van der Waals surface area contributed by atoms with Crippen molar-refractivity contribution in [2.45, 2.75) is 45.1 Å². The SMILES string of the molecule is CCCc1ccc(OCCC2CCCN2)cc1. The third-order valence-electron chi connectivity index (χ3n) is 3.36. The fourth-order valence-electron chi connectivity index (χ4n) is 2.36. The maximum atomic E-state index is 5.76. The van der Waals surface area contributed by atoms with Gasteiger partial charge in [0, 0.05) is 6.04 Å². The van der Waals surface area contributed by atoms with Gasteiger partial charge in [-0.25, -0.2) is 0 Å². The van der Waals surface area contributed by atoms with Gasteiger partial charge < -0.3 is 10.1 Å². The zero-order valence-electron chi connectivity index (χ0n) is 10.7. The van der Waals surface area contributed by atoms with Gasteiger partial charge in [0.1, 0.15) is 5.75 Å². The van der Waals surface area contributed by atoms with Gasteiger partial charge in [0.2, 0.25) is 0 Å². The van der Waals surface area contributed by atoms with Crippen LogP contribution < -0.4 is 10.1 Å². The molecule has 17 heavy (non-hydrogen) atoms. The van der Waals surface area contributed by atoms with Gasteiger partial charge in [-0.1, -0.05) is 25.5 Å². The van der Waals surface area contributed by atoms with Gasteiger partial charge >= 0.3 is 0 Å². The van der Waals surface area contributed by atoms with Crippen LogP contribution in [0.2, 0.25) is 0 Å². The van der Waals surface area contributed by atoms with E-state index in [9.17, 15) is 0 Å². The second-order valence-electron chi connectivity index (χ2n) is 4.82. The standard InChI is InChI=1S/C15H23NO/c1-2-4-13-6-8-15(9-7-13)17-12-10-14-5-3-11-16-14/h6-9,14,16H,2-5,10-12H2,1H3. The second kappa shape index (κ2) is 6.65. The van der Waals surface area contributed by atoms with Crippen LogP contribution in [0.3, 0.4) is 0 Å². The molecule has 0 amide bonds. The van der Waals surface area contributed by atoms with Crippen LogP contribution >= 0.6 is 0 Å². The first-order valence-corrected chi connectivity index (χ1v) is 6.83. The Morgan fingerprint density at radius 2 is 2.12 bits per heavy atom. The monoisotopic (exact) mass is 233 g/mol. The summed E-state index contributed by atoms with van der Waals surface area (Å²) in [5.41, 5.74) is 1.40. The van der Waals surface area contributed by atoms with Crippen molar-refractivity contribution in [3.05, 3.63) is 29.8 Å². The van der Waals surface area contributed by atoms with Crippen LogP contribution in [0.15, 0.2) is 24.3 Å². The summed E-state index contributed by atoms with van der Waals surface area (Å²) in [7, 11) is 0. The summed E-state index contributed by atoms with van der Waals surface area (Å²) >= 11 is 0. The molecule has 0 radical (unpaired) electrons. The lowest BCUT2D eigenvalue weighted by Crippen LogP contribution is -2.23. The Labute approximate surface area is 104 Å². The highest BCUT2D eigenvalue weighted by Gasteiger charge is 2.13. The van der Waals surface area contributed by atoms with E-state index in [2.05, 4.69) is 36.5 Å². The van der Waals surface area contributed by atoms with Crippen molar-refractivity contribution in [1.29, 1.82) is 0 Å². The number of nitrogens with one attached hydrogen (secondary N) is 1. The predicted octanol–water partition coefficient (Wildman–Crippen LogP) is 3.16. The molecule has 1 unspecified atom stereocenters. The minimum absolute atomic E-state index is 0.675. The topological polar surface area (TPSA) is 21.3 Å². The van der Waals surface area contributed by atoms with E-state index < -0.39 is 0 Å². The van der Waals surface area contributed by atoms with Crippen molar-refractivity contribution >= 4 is 0 Å². The smallest absolute Gasteiger partial charge is 0.119 e. The van der Waals surface area contributed by atoms with Crippen molar-refractivity contribution in [3.8, 4) is 5.75 Å². The predicted molar refractivity (Wildman–Crippen MR) is 71.6 cm³/mol. The molecule has 1 heterocycles. The van der Waals surface area contributed by atoms with Crippen LogP contribution in [0.5, 0.6) is 5.75 Å². The Balaban J connectivity index is 1.70. The number of aryl methyl sites for hydroxylation is 1. The molecule has 1 aliphatic heterocycles. The van der Waals surface area contributed by atoms with Gasteiger partial charge in [0.15, 0.2) is 0 Å². The summed E-state index contributed by atoms with van der Waals surface area (Å²) in [5, 5.41) is 3.49. The summed E-state index contributed by atoms with van der Waals surface area (Å²) in [6, 6.07) is 9.20. The average Bonchev–Trinajstić information content (AvgIpc) is 2.85. The minimum Gasteiger partial charge on any atom is -0.494 e. The highest BCUT2D eigenvalue weighted by Crippen LogP contribution is 2.15. The number of hydrogen-bond acceptors (Lipinski definition) is 2. The maximum Gasteiger partial charge on any atom is 0.119 e. The van der Waals surface area contributed by atoms with Crippen molar-refractivity contribution in [2.75, 3.05) is 13.2 Å². The first-order chi connectivity index (χ1) is 8.38. The number of hydrogen-bond donors (Lipinski definition) is 1. The first-order valence-electron chi connectivity index (χ1n) is 6.83. The lowest BCUT2D eigenvalue weighted by molar-refractivity contribution is 0.292. The lowest BCUT2D eigenvalue weighted by Gasteiger charge is -2.11. The Morgan fingerprint density at radius 1 is 1.29 bits per heavy atom. The normalized spacial score (nSPS) is 19.5. The molecule has 0 aliphatic carbocycles. The van der Waals surface area contributed by atoms with E-state index in [1.807, 2.05) is 0 Å². The van der Waals surface area contributed by atoms with Crippen molar-refractivity contribution in [1.82, 2.24) is 5.32 Å². The van der Waals surface area contributed by atoms with Crippen LogP contribution in [0.1, 0.15) is 38.2 Å². The third kappa shape index (κ3) is 4.04. The minimum atomic E-state index is 0.675. The largest absolute Gasteiger partial charge is 0.494 e. The van der Waals surface area contributed by atoms with E-state index in [4.69, 9.17) is 4.74 Å². The zero-order valence-corrected chi connectivity index (χ0v) is 10.7. The van der Waals surface area contributed by atoms with Crippen molar-refractivity contribution in [3.63, 3.8) is 0 Å². The van der Waals surface area contributed by atoms with Gasteiger partial charge in [0.05, 0.1) is 6.61 Å². The van der Waals surface area contributed by atoms with E-state index in [-0.39, 0.29) is 0 Å². The van der Waals surface area contributed by atoms with E-state index in [0.29, 0.717) is 6.04 Å². The number of benzene rings is 1. The summed E-state index contributed by atoms with van der Waals surface area (Å²) < 4.78 is 5.76. The third-order valence-corrected chi connectivity index (χ3v) is 3.36. The molecule has 2 nitrogen and oxygen atoms in total. The highest BCUT2D eigenvalue weighted by atomic mass is 16.5. The highest BCUT2D eigenvalue weighted by molar-refractivity contribution is 5.27. The molecule has 0 spiro atoms. The van der Waals surface area contributed by atoms with E-state index in [1.165, 1.54) is 31.4 Å². The molecule has 2 heteroatoms. The Morgan fingerprint density at radius 3 is 2.76 bits per heavy atom. The molecule has 1 aliphatic rings. The quantitative estimate of drug-likeness (QED) is 0.815. The van der Waals surface area contributed by atoms with Gasteiger partial charge in [-0.3, -0.25) is 0 Å². The van der Waals surface area contributed by atoms with Gasteiger partial charge in [-0.15, -0.1) is 0 Å². The van der Waals surface area contributed by atoms with E-state index in [0.717, 1.165) is 25.2 Å². The molecule has 1 N–H and O–H groups in total. The molecule has 1 aromatic rings. The first kappa shape index (κ1) is 12.4. The lowest BCUT2D eigenvalue weighted by atomic mass is 10.1. The molecule has 94 valence electrons. The van der Waals surface area contributed by atoms with Crippen molar-refractivity contribution < 1.29 is 4.74 Å². The fraction of sp³-hybridized carbons (Fsp3) is 0.600. The molecule has 1 saturated heterocycles. The Kier molecular flexibility index (Phi) is 4.87. The Bertz CT molecular complexity index is 314. The molecule has 1 aromatic carbocycles. The zero-order chi connectivity index (χ0) is 11.9. The average molecular weight is 233 g/mol. The maximum absolute atomic E-state index is 5.76. The molecule has 2 rings (SSSR count). The van der Waals surface area contributed by atoms with Crippen LogP contribution in [-0.2, 0) is 6.42 Å². The summed E-state index contributed by atoms with van der Waals surface area (Å²) in [4.78, 5) is 0. The Hall–Kier alpha value is -1.02. The van der Waals surface area contributed by atoms with Crippen LogP contribution in [0, 0.1) is 0 Å². The summed E-state index contributed by atoms with van der Waals surface area (Å²) in [6.07, 6.45) is 6.10. The van der Waals surface area contributed by atoms with Crippen molar-refractivity contribution in [2.24, 2.45) is 0 Å². The fourth-order valence-corrected chi connectivity index (χ4v) is 2.36. The van der Waals surface area contributed by atoms with Gasteiger partial charge in [-0.2, -0.15) is 0 Å². The molecular weight excluding hydrogens is 210 g/mol. The molecule has 1 fully saturated rings. The van der Waals surface area contributed by atoms with Gasteiger partial charge in [0.25, 0.3) is 0 Å².